The van der Waals surface area contributed by atoms with E-state index in [1.807, 2.05) is 6.92 Å². The lowest BCUT2D eigenvalue weighted by atomic mass is 10.2. The topological polar surface area (TPSA) is 92.8 Å². The van der Waals surface area contributed by atoms with Crippen LogP contribution in [0, 0.1) is 13.8 Å². The molecule has 0 aromatic heterocycles. The Hall–Kier alpha value is -2.10. The standard InChI is InChI=1S/C18H24N2O5S2/c1-6-25-18-10-9-15(11-14(18)3)26(21,22)19-17-12-16(8-7-13(17)2)27(23,24)20(4)5/h7-12,19H,6H2,1-5H3. The smallest absolute Gasteiger partial charge is 0.261 e. The molecule has 0 saturated heterocycles. The maximum atomic E-state index is 12.8. The van der Waals surface area contributed by atoms with Gasteiger partial charge in [0.2, 0.25) is 10.0 Å². The fourth-order valence-electron chi connectivity index (χ4n) is 2.39. The van der Waals surface area contributed by atoms with Gasteiger partial charge in [0.15, 0.2) is 0 Å². The Morgan fingerprint density at radius 2 is 1.56 bits per heavy atom. The van der Waals surface area contributed by atoms with Crippen LogP contribution in [0.3, 0.4) is 0 Å². The number of nitrogens with zero attached hydrogens (tertiary/aromatic N) is 1. The molecule has 0 aliphatic carbocycles. The summed E-state index contributed by atoms with van der Waals surface area (Å²) in [5.41, 5.74) is 1.52. The highest BCUT2D eigenvalue weighted by molar-refractivity contribution is 7.92. The van der Waals surface area contributed by atoms with Crippen molar-refractivity contribution in [2.24, 2.45) is 0 Å². The fraction of sp³-hybridized carbons (Fsp3) is 0.333. The molecule has 0 spiro atoms. The lowest BCUT2D eigenvalue weighted by molar-refractivity contribution is 0.337. The summed E-state index contributed by atoms with van der Waals surface area (Å²) in [5, 5.41) is 0. The van der Waals surface area contributed by atoms with Gasteiger partial charge in [0.1, 0.15) is 5.75 Å². The third-order valence-corrected chi connectivity index (χ3v) is 7.16. The average molecular weight is 413 g/mol. The first-order valence-electron chi connectivity index (χ1n) is 8.28. The van der Waals surface area contributed by atoms with Crippen molar-refractivity contribution in [2.45, 2.75) is 30.6 Å². The van der Waals surface area contributed by atoms with Gasteiger partial charge in [-0.15, -0.1) is 0 Å². The Morgan fingerprint density at radius 3 is 2.11 bits per heavy atom. The fourth-order valence-corrected chi connectivity index (χ4v) is 4.53. The zero-order chi connectivity index (χ0) is 20.4. The van der Waals surface area contributed by atoms with Crippen molar-refractivity contribution >= 4 is 25.7 Å². The first kappa shape index (κ1) is 21.2. The van der Waals surface area contributed by atoms with Crippen molar-refractivity contribution in [3.63, 3.8) is 0 Å². The maximum absolute atomic E-state index is 12.8. The van der Waals surface area contributed by atoms with E-state index in [0.717, 1.165) is 4.31 Å². The lowest BCUT2D eigenvalue weighted by Crippen LogP contribution is -2.22. The lowest BCUT2D eigenvalue weighted by Gasteiger charge is -2.16. The molecule has 2 rings (SSSR count). The van der Waals surface area contributed by atoms with Gasteiger partial charge in [0, 0.05) is 14.1 Å². The maximum Gasteiger partial charge on any atom is 0.261 e. The predicted octanol–water partition coefficient (Wildman–Crippen LogP) is 2.75. The number of benzene rings is 2. The molecular weight excluding hydrogens is 388 g/mol. The van der Waals surface area contributed by atoms with Crippen molar-refractivity contribution in [1.82, 2.24) is 4.31 Å². The number of nitrogens with one attached hydrogen (secondary N) is 1. The third-order valence-electron chi connectivity index (χ3n) is 3.99. The van der Waals surface area contributed by atoms with Gasteiger partial charge in [-0.25, -0.2) is 21.1 Å². The van der Waals surface area contributed by atoms with Crippen molar-refractivity contribution in [3.8, 4) is 5.75 Å². The van der Waals surface area contributed by atoms with Gasteiger partial charge in [0.25, 0.3) is 10.0 Å². The van der Waals surface area contributed by atoms with E-state index >= 15 is 0 Å². The van der Waals surface area contributed by atoms with Crippen molar-refractivity contribution in [1.29, 1.82) is 0 Å². The van der Waals surface area contributed by atoms with Crippen LogP contribution >= 0.6 is 0 Å². The molecule has 0 bridgehead atoms. The largest absolute Gasteiger partial charge is 0.494 e. The van der Waals surface area contributed by atoms with Gasteiger partial charge >= 0.3 is 0 Å². The molecule has 0 saturated carbocycles. The summed E-state index contributed by atoms with van der Waals surface area (Å²) in [6, 6.07) is 8.91. The minimum atomic E-state index is -3.89. The van der Waals surface area contributed by atoms with Gasteiger partial charge in [-0.1, -0.05) is 6.07 Å². The molecule has 0 amide bonds. The zero-order valence-electron chi connectivity index (χ0n) is 16.0. The number of ether oxygens (including phenoxy) is 1. The van der Waals surface area contributed by atoms with Gasteiger partial charge in [0.05, 0.1) is 22.1 Å². The molecule has 2 aromatic rings. The number of hydrogen-bond donors (Lipinski definition) is 1. The van der Waals surface area contributed by atoms with Crippen LogP contribution in [-0.4, -0.2) is 41.8 Å². The monoisotopic (exact) mass is 412 g/mol. The first-order chi connectivity index (χ1) is 12.5. The number of rotatable bonds is 7. The predicted molar refractivity (Wildman–Crippen MR) is 105 cm³/mol. The summed E-state index contributed by atoms with van der Waals surface area (Å²) in [6.45, 7) is 5.80. The van der Waals surface area contributed by atoms with Crippen molar-refractivity contribution < 1.29 is 21.6 Å². The molecule has 0 aliphatic heterocycles. The summed E-state index contributed by atoms with van der Waals surface area (Å²) in [7, 11) is -4.72. The van der Waals surface area contributed by atoms with Crippen LogP contribution in [0.4, 0.5) is 5.69 Å². The Kier molecular flexibility index (Phi) is 6.18. The molecule has 0 atom stereocenters. The molecular formula is C18H24N2O5S2. The summed E-state index contributed by atoms with van der Waals surface area (Å²) in [4.78, 5) is 0.0856. The highest BCUT2D eigenvalue weighted by Crippen LogP contribution is 2.27. The molecule has 0 fully saturated rings. The second-order valence-corrected chi connectivity index (χ2v) is 10.1. The van der Waals surface area contributed by atoms with Crippen LogP contribution in [0.5, 0.6) is 5.75 Å². The second kappa shape index (κ2) is 7.87. The van der Waals surface area contributed by atoms with E-state index in [1.54, 1.807) is 26.0 Å². The van der Waals surface area contributed by atoms with Gasteiger partial charge in [-0.2, -0.15) is 0 Å². The molecule has 9 heteroatoms. The molecule has 27 heavy (non-hydrogen) atoms. The van der Waals surface area contributed by atoms with E-state index in [2.05, 4.69) is 4.72 Å². The van der Waals surface area contributed by atoms with Crippen LogP contribution in [-0.2, 0) is 20.0 Å². The third kappa shape index (κ3) is 4.60. The summed E-state index contributed by atoms with van der Waals surface area (Å²) in [6.07, 6.45) is 0. The van der Waals surface area contributed by atoms with Gasteiger partial charge < -0.3 is 4.74 Å². The molecule has 7 nitrogen and oxygen atoms in total. The molecule has 0 radical (unpaired) electrons. The molecule has 148 valence electrons. The highest BCUT2D eigenvalue weighted by atomic mass is 32.2. The Balaban J connectivity index is 2.42. The Labute approximate surface area is 161 Å². The summed E-state index contributed by atoms with van der Waals surface area (Å²) < 4.78 is 59.1. The van der Waals surface area contributed by atoms with E-state index in [4.69, 9.17) is 4.74 Å². The average Bonchev–Trinajstić information content (AvgIpc) is 2.58. The highest BCUT2D eigenvalue weighted by Gasteiger charge is 2.21. The quantitative estimate of drug-likeness (QED) is 0.755. The SMILES string of the molecule is CCOc1ccc(S(=O)(=O)Nc2cc(S(=O)(=O)N(C)C)ccc2C)cc1C. The first-order valence-corrected chi connectivity index (χ1v) is 11.2. The van der Waals surface area contributed by atoms with Crippen LogP contribution in [0.2, 0.25) is 0 Å². The molecule has 1 N–H and O–H groups in total. The summed E-state index contributed by atoms with van der Waals surface area (Å²) in [5.74, 6) is 0.617. The second-order valence-electron chi connectivity index (χ2n) is 6.23. The van der Waals surface area contributed by atoms with E-state index in [0.29, 0.717) is 23.5 Å². The van der Waals surface area contributed by atoms with E-state index < -0.39 is 20.0 Å². The van der Waals surface area contributed by atoms with E-state index in [1.165, 1.54) is 38.4 Å². The molecule has 0 aliphatic rings. The number of aryl methyl sites for hydroxylation is 2. The van der Waals surface area contributed by atoms with Crippen LogP contribution in [0.25, 0.3) is 0 Å². The van der Waals surface area contributed by atoms with E-state index in [-0.39, 0.29) is 15.5 Å². The molecule has 0 unspecified atom stereocenters. The van der Waals surface area contributed by atoms with Crippen molar-refractivity contribution in [3.05, 3.63) is 47.5 Å². The van der Waals surface area contributed by atoms with Crippen molar-refractivity contribution in [2.75, 3.05) is 25.4 Å². The Bertz CT molecular complexity index is 1050. The molecule has 2 aromatic carbocycles. The number of hydrogen-bond acceptors (Lipinski definition) is 5. The van der Waals surface area contributed by atoms with Gasteiger partial charge in [-0.05, 0) is 62.2 Å². The van der Waals surface area contributed by atoms with Gasteiger partial charge in [-0.3, -0.25) is 4.72 Å². The normalized spacial score (nSPS) is 12.2. The number of sulfonamides is 2. The minimum absolute atomic E-state index is 0.0127. The van der Waals surface area contributed by atoms with E-state index in [9.17, 15) is 16.8 Å². The minimum Gasteiger partial charge on any atom is -0.494 e. The zero-order valence-corrected chi connectivity index (χ0v) is 17.6. The summed E-state index contributed by atoms with van der Waals surface area (Å²) >= 11 is 0. The van der Waals surface area contributed by atoms with Crippen LogP contribution < -0.4 is 9.46 Å². The number of anilines is 1. The van der Waals surface area contributed by atoms with Crippen LogP contribution in [0.1, 0.15) is 18.1 Å². The molecule has 0 heterocycles. The Morgan fingerprint density at radius 1 is 0.926 bits per heavy atom. The van der Waals surface area contributed by atoms with Crippen LogP contribution in [0.15, 0.2) is 46.2 Å².